The molecule has 22 aromatic rings. The summed E-state index contributed by atoms with van der Waals surface area (Å²) in [6.45, 7) is 0. The second kappa shape index (κ2) is 22.1. The van der Waals surface area contributed by atoms with Crippen LogP contribution in [0.15, 0.2) is 385 Å². The highest BCUT2D eigenvalue weighted by molar-refractivity contribution is 6.29. The van der Waals surface area contributed by atoms with Gasteiger partial charge in [0.15, 0.2) is 0 Å². The fraction of sp³-hybridized carbons (Fsp3) is 0.0182. The lowest BCUT2D eigenvalue weighted by Crippen LogP contribution is -2.25. The predicted octanol–water partition coefficient (Wildman–Crippen LogP) is 29.4. The molecule has 112 heavy (non-hydrogen) atoms. The van der Waals surface area contributed by atoms with E-state index in [9.17, 15) is 0 Å². The highest BCUT2D eigenvalue weighted by Gasteiger charge is 2.54. The Hall–Kier alpha value is -14.4. The van der Waals surface area contributed by atoms with Crippen LogP contribution in [-0.2, 0) is 10.8 Å². The molecule has 2 spiro atoms. The molecule has 0 N–H and O–H groups in total. The van der Waals surface area contributed by atoms with Crippen molar-refractivity contribution in [2.45, 2.75) is 10.8 Å². The molecule has 2 nitrogen and oxygen atoms in total. The van der Waals surface area contributed by atoms with Crippen molar-refractivity contribution in [3.05, 3.63) is 421 Å². The van der Waals surface area contributed by atoms with E-state index in [0.717, 1.165) is 55.0 Å². The van der Waals surface area contributed by atoms with Gasteiger partial charge in [-0.2, -0.15) is 0 Å². The monoisotopic (exact) mass is 1410 g/mol. The summed E-state index contributed by atoms with van der Waals surface area (Å²) in [5.74, 6) is 0. The summed E-state index contributed by atoms with van der Waals surface area (Å²) < 4.78 is 14.3. The number of fused-ring (bicyclic) bond motifs is 32. The van der Waals surface area contributed by atoms with Gasteiger partial charge in [-0.25, -0.2) is 0 Å². The Kier molecular flexibility index (Phi) is 12.0. The van der Waals surface area contributed by atoms with Gasteiger partial charge in [0.1, 0.15) is 22.3 Å². The molecule has 2 aromatic heterocycles. The van der Waals surface area contributed by atoms with Gasteiger partial charge in [-0.3, -0.25) is 0 Å². The van der Waals surface area contributed by atoms with Gasteiger partial charge in [0.05, 0.1) is 10.8 Å². The molecule has 0 radical (unpaired) electrons. The largest absolute Gasteiger partial charge is 0.456 e. The molecule has 4 aliphatic carbocycles. The molecule has 1 unspecified atom stereocenters. The van der Waals surface area contributed by atoms with E-state index < -0.39 is 10.8 Å². The second-order valence-corrected chi connectivity index (χ2v) is 31.3. The van der Waals surface area contributed by atoms with Gasteiger partial charge in [0, 0.05) is 21.5 Å². The Bertz CT molecular complexity index is 7870. The Morgan fingerprint density at radius 1 is 0.152 bits per heavy atom. The van der Waals surface area contributed by atoms with Crippen LogP contribution >= 0.6 is 0 Å². The van der Waals surface area contributed by atoms with Crippen LogP contribution in [0.4, 0.5) is 0 Å². The smallest absolute Gasteiger partial charge is 0.136 e. The average molecular weight is 1420 g/mol. The summed E-state index contributed by atoms with van der Waals surface area (Å²) in [5, 5.41) is 19.1. The zero-order valence-electron chi connectivity index (χ0n) is 60.6. The summed E-state index contributed by atoms with van der Waals surface area (Å²) in [4.78, 5) is 0. The molecule has 0 fully saturated rings. The van der Waals surface area contributed by atoms with Gasteiger partial charge in [-0.1, -0.05) is 328 Å². The summed E-state index contributed by atoms with van der Waals surface area (Å²) in [6, 6.07) is 142. The van der Waals surface area contributed by atoms with Gasteiger partial charge in [-0.05, 0) is 258 Å². The zero-order chi connectivity index (χ0) is 72.8. The minimum Gasteiger partial charge on any atom is -0.456 e. The van der Waals surface area contributed by atoms with E-state index in [-0.39, 0.29) is 0 Å². The van der Waals surface area contributed by atoms with Crippen LogP contribution in [0.25, 0.3) is 209 Å². The molecule has 0 bridgehead atoms. The van der Waals surface area contributed by atoms with Crippen LogP contribution in [0.5, 0.6) is 0 Å². The second-order valence-electron chi connectivity index (χ2n) is 31.3. The number of hydrogen-bond donors (Lipinski definition) is 0. The van der Waals surface area contributed by atoms with Crippen molar-refractivity contribution in [1.82, 2.24) is 0 Å². The first-order chi connectivity index (χ1) is 55.6. The van der Waals surface area contributed by atoms with E-state index in [1.54, 1.807) is 0 Å². The first-order valence-electron chi connectivity index (χ1n) is 39.1. The van der Waals surface area contributed by atoms with Crippen molar-refractivity contribution in [2.75, 3.05) is 0 Å². The van der Waals surface area contributed by atoms with E-state index in [1.807, 2.05) is 0 Å². The first kappa shape index (κ1) is 60.6. The third-order valence-electron chi connectivity index (χ3n) is 26.3. The standard InChI is InChI=1S/C110H62O2/c1-2-28-67-63(25-1)26-21-43-74(67)104-78-35-5-3-33-76(78)103(77-34-4-6-36-79(77)104)66-54-56-99-88(58-66)89-59-86-72-31-14-19-49-94(72)110(98(86)61-101(89)111-99)95-50-20-15-41-84(95)107-69(42-23-51-96(107)110)65-53-55-68-64(57-65)27-22-44-75(68)105-80-37-7-9-39-82(80)106(83-40-10-8-38-81(83)105)85-45-24-52-100-108(85)90-60-87-73-32-13-18-48-93(73)109(97(87)62-102(90)112-100)91-46-16-11-29-70(91)71-30-12-17-47-92(71)109/h1-62H. The molecule has 4 aliphatic rings. The van der Waals surface area contributed by atoms with Crippen LogP contribution in [0.2, 0.25) is 0 Å². The van der Waals surface area contributed by atoms with Crippen molar-refractivity contribution in [1.29, 1.82) is 0 Å². The van der Waals surface area contributed by atoms with Crippen molar-refractivity contribution in [2.24, 2.45) is 0 Å². The maximum Gasteiger partial charge on any atom is 0.136 e. The van der Waals surface area contributed by atoms with Crippen LogP contribution in [0.1, 0.15) is 44.5 Å². The Labute approximate surface area is 644 Å². The lowest BCUT2D eigenvalue weighted by molar-refractivity contribution is 0.666. The molecule has 26 rings (SSSR count). The molecular weight excluding hydrogens is 1350 g/mol. The first-order valence-corrected chi connectivity index (χ1v) is 39.1. The molecule has 0 saturated carbocycles. The quantitative estimate of drug-likeness (QED) is 0.161. The normalized spacial score (nSPS) is 14.5. The third-order valence-corrected chi connectivity index (χ3v) is 26.3. The summed E-state index contributed by atoms with van der Waals surface area (Å²) in [7, 11) is 0. The van der Waals surface area contributed by atoms with Gasteiger partial charge < -0.3 is 8.83 Å². The van der Waals surface area contributed by atoms with Crippen molar-refractivity contribution in [3.8, 4) is 100 Å². The third kappa shape index (κ3) is 7.68. The Morgan fingerprint density at radius 3 is 1.08 bits per heavy atom. The van der Waals surface area contributed by atoms with Gasteiger partial charge in [-0.15, -0.1) is 0 Å². The molecule has 1 atom stereocenters. The van der Waals surface area contributed by atoms with Crippen LogP contribution in [0.3, 0.4) is 0 Å². The molecule has 514 valence electrons. The number of hydrogen-bond acceptors (Lipinski definition) is 2. The van der Waals surface area contributed by atoms with E-state index >= 15 is 0 Å². The van der Waals surface area contributed by atoms with Crippen molar-refractivity contribution >= 4 is 109 Å². The van der Waals surface area contributed by atoms with Gasteiger partial charge in [0.25, 0.3) is 0 Å². The number of rotatable bonds is 5. The lowest BCUT2D eigenvalue weighted by atomic mass is 9.70. The number of benzene rings is 20. The zero-order valence-corrected chi connectivity index (χ0v) is 60.6. The highest BCUT2D eigenvalue weighted by Crippen LogP contribution is 2.67. The Balaban J connectivity index is 0.611. The van der Waals surface area contributed by atoms with Crippen molar-refractivity contribution < 1.29 is 8.83 Å². The lowest BCUT2D eigenvalue weighted by Gasteiger charge is -2.30. The average Bonchev–Trinajstić information content (AvgIpc) is 1.49. The van der Waals surface area contributed by atoms with Gasteiger partial charge in [0.2, 0.25) is 0 Å². The fourth-order valence-corrected chi connectivity index (χ4v) is 22.0. The maximum atomic E-state index is 7.19. The van der Waals surface area contributed by atoms with E-state index in [4.69, 9.17) is 8.83 Å². The minimum absolute atomic E-state index is 0.473. The topological polar surface area (TPSA) is 26.3 Å². The maximum absolute atomic E-state index is 7.19. The van der Waals surface area contributed by atoms with Gasteiger partial charge >= 0.3 is 0 Å². The molecular formula is C110H62O2. The van der Waals surface area contributed by atoms with E-state index in [2.05, 4.69) is 376 Å². The molecule has 2 heterocycles. The van der Waals surface area contributed by atoms with Crippen LogP contribution in [-0.4, -0.2) is 0 Å². The summed E-state index contributed by atoms with van der Waals surface area (Å²) >= 11 is 0. The molecule has 2 heteroatoms. The minimum atomic E-state index is -0.615. The Morgan fingerprint density at radius 2 is 0.509 bits per heavy atom. The van der Waals surface area contributed by atoms with E-state index in [1.165, 1.54) is 198 Å². The van der Waals surface area contributed by atoms with Crippen molar-refractivity contribution in [3.63, 3.8) is 0 Å². The molecule has 0 amide bonds. The predicted molar refractivity (Wildman–Crippen MR) is 466 cm³/mol. The fourth-order valence-electron chi connectivity index (χ4n) is 22.0. The highest BCUT2D eigenvalue weighted by atomic mass is 16.3. The molecule has 0 saturated heterocycles. The van der Waals surface area contributed by atoms with E-state index in [0.29, 0.717) is 0 Å². The summed E-state index contributed by atoms with van der Waals surface area (Å²) in [5.41, 5.74) is 35.1. The number of furan rings is 2. The summed E-state index contributed by atoms with van der Waals surface area (Å²) in [6.07, 6.45) is 0. The van der Waals surface area contributed by atoms with Crippen LogP contribution < -0.4 is 0 Å². The molecule has 0 aliphatic heterocycles. The SMILES string of the molecule is c1ccc2c(c1)-c1ccccc1C21c2ccccc2-c2cc3c(cc21)oc1cccc(-c2c4ccccc4c(-c4cccc5cc(-c6cccc7c6-c6ccccc6C76c7ccccc7-c7cc8c(cc76)oc6ccc(-c7c9ccccc9c(-c9cccc%10ccccc9%10)c9ccccc79)cc68)ccc45)c4ccccc24)c13. The van der Waals surface area contributed by atoms with Crippen LogP contribution in [0, 0.1) is 0 Å². The molecule has 20 aromatic carbocycles.